The fourth-order valence-corrected chi connectivity index (χ4v) is 3.95. The fourth-order valence-electron chi connectivity index (χ4n) is 3.95. The number of likely N-dealkylation sites (tertiary alicyclic amines) is 2. The summed E-state index contributed by atoms with van der Waals surface area (Å²) in [6.07, 6.45) is 7.40. The summed E-state index contributed by atoms with van der Waals surface area (Å²) in [4.78, 5) is 28.7. The number of carbonyl (C=O) groups is 2. The molecule has 2 amide bonds. The third kappa shape index (κ3) is 2.70. The summed E-state index contributed by atoms with van der Waals surface area (Å²) < 4.78 is 0. The molecule has 20 heavy (non-hydrogen) atoms. The summed E-state index contributed by atoms with van der Waals surface area (Å²) >= 11 is 0. The van der Waals surface area contributed by atoms with Crippen molar-refractivity contribution in [3.05, 3.63) is 0 Å². The molecule has 3 aliphatic rings. The highest BCUT2D eigenvalue weighted by Crippen LogP contribution is 2.30. The number of hydrogen-bond acceptors (Lipinski definition) is 2. The number of amides is 2. The lowest BCUT2D eigenvalue weighted by molar-refractivity contribution is -0.137. The molecule has 2 saturated heterocycles. The van der Waals surface area contributed by atoms with Crippen LogP contribution in [-0.4, -0.2) is 47.3 Å². The van der Waals surface area contributed by atoms with Gasteiger partial charge < -0.3 is 9.80 Å². The van der Waals surface area contributed by atoms with Crippen LogP contribution in [0, 0.1) is 11.8 Å². The molecule has 0 radical (unpaired) electrons. The van der Waals surface area contributed by atoms with Crippen molar-refractivity contribution < 1.29 is 9.59 Å². The number of carbonyl (C=O) groups excluding carboxylic acids is 2. The summed E-state index contributed by atoms with van der Waals surface area (Å²) in [6, 6.07) is 0.418. The molecule has 0 aromatic rings. The summed E-state index contributed by atoms with van der Waals surface area (Å²) in [7, 11) is 0. The maximum Gasteiger partial charge on any atom is 0.227 e. The van der Waals surface area contributed by atoms with Crippen LogP contribution in [0.15, 0.2) is 0 Å². The smallest absolute Gasteiger partial charge is 0.227 e. The van der Waals surface area contributed by atoms with E-state index >= 15 is 0 Å². The second-order valence-corrected chi connectivity index (χ2v) is 6.89. The molecular formula is C16H26N2O2. The van der Waals surface area contributed by atoms with Crippen molar-refractivity contribution in [1.29, 1.82) is 0 Å². The van der Waals surface area contributed by atoms with Crippen LogP contribution >= 0.6 is 0 Å². The van der Waals surface area contributed by atoms with E-state index in [0.717, 1.165) is 44.7 Å². The first-order valence-electron chi connectivity index (χ1n) is 8.23. The number of piperidine rings is 1. The minimum Gasteiger partial charge on any atom is -0.342 e. The van der Waals surface area contributed by atoms with Crippen molar-refractivity contribution >= 4 is 11.8 Å². The molecule has 0 unspecified atom stereocenters. The molecule has 0 aromatic heterocycles. The van der Waals surface area contributed by atoms with Gasteiger partial charge in [0.2, 0.25) is 11.8 Å². The van der Waals surface area contributed by atoms with Crippen LogP contribution in [0.3, 0.4) is 0 Å². The third-order valence-electron chi connectivity index (χ3n) is 5.37. The first-order chi connectivity index (χ1) is 9.65. The molecule has 1 aliphatic carbocycles. The van der Waals surface area contributed by atoms with E-state index in [1.54, 1.807) is 0 Å². The Morgan fingerprint density at radius 3 is 2.40 bits per heavy atom. The van der Waals surface area contributed by atoms with Gasteiger partial charge in [0.1, 0.15) is 0 Å². The van der Waals surface area contributed by atoms with E-state index in [9.17, 15) is 9.59 Å². The maximum absolute atomic E-state index is 12.6. The van der Waals surface area contributed by atoms with Gasteiger partial charge in [-0.1, -0.05) is 19.8 Å². The van der Waals surface area contributed by atoms with Gasteiger partial charge in [-0.05, 0) is 31.6 Å². The molecule has 0 bridgehead atoms. The van der Waals surface area contributed by atoms with Crippen molar-refractivity contribution in [1.82, 2.24) is 9.80 Å². The largest absolute Gasteiger partial charge is 0.342 e. The Morgan fingerprint density at radius 2 is 1.75 bits per heavy atom. The Balaban J connectivity index is 1.58. The van der Waals surface area contributed by atoms with E-state index in [2.05, 4.69) is 6.92 Å². The number of rotatable bonds is 2. The monoisotopic (exact) mass is 278 g/mol. The SMILES string of the molecule is CC1CCN(C(=O)[C@H]2CC(=O)N(C3CCCC3)C2)CC1. The highest BCUT2D eigenvalue weighted by Gasteiger charge is 2.40. The van der Waals surface area contributed by atoms with E-state index in [0.29, 0.717) is 19.0 Å². The van der Waals surface area contributed by atoms with Crippen molar-refractivity contribution in [3.8, 4) is 0 Å². The van der Waals surface area contributed by atoms with Gasteiger partial charge in [0.25, 0.3) is 0 Å². The van der Waals surface area contributed by atoms with Crippen molar-refractivity contribution in [3.63, 3.8) is 0 Å². The van der Waals surface area contributed by atoms with Crippen LogP contribution in [0.4, 0.5) is 0 Å². The summed E-state index contributed by atoms with van der Waals surface area (Å²) in [6.45, 7) is 4.69. The standard InChI is InChI=1S/C16H26N2O2/c1-12-6-8-17(9-7-12)16(20)13-10-15(19)18(11-13)14-4-2-3-5-14/h12-14H,2-11H2,1H3/t13-/m0/s1. The molecule has 3 rings (SSSR count). The van der Waals surface area contributed by atoms with Crippen LogP contribution in [-0.2, 0) is 9.59 Å². The Kier molecular flexibility index (Phi) is 3.99. The third-order valence-corrected chi connectivity index (χ3v) is 5.37. The molecule has 1 saturated carbocycles. The van der Waals surface area contributed by atoms with Gasteiger partial charge in [-0.3, -0.25) is 9.59 Å². The molecule has 0 N–H and O–H groups in total. The second kappa shape index (κ2) is 5.74. The van der Waals surface area contributed by atoms with Gasteiger partial charge in [0.05, 0.1) is 5.92 Å². The molecule has 4 heteroatoms. The minimum atomic E-state index is -0.0727. The molecule has 2 aliphatic heterocycles. The molecule has 1 atom stereocenters. The molecule has 112 valence electrons. The molecule has 0 spiro atoms. The zero-order valence-electron chi connectivity index (χ0n) is 12.5. The Hall–Kier alpha value is -1.06. The van der Waals surface area contributed by atoms with Crippen molar-refractivity contribution in [2.24, 2.45) is 11.8 Å². The highest BCUT2D eigenvalue weighted by atomic mass is 16.2. The minimum absolute atomic E-state index is 0.0727. The van der Waals surface area contributed by atoms with Crippen LogP contribution < -0.4 is 0 Å². The lowest BCUT2D eigenvalue weighted by Gasteiger charge is -2.32. The van der Waals surface area contributed by atoms with Gasteiger partial charge in [0.15, 0.2) is 0 Å². The topological polar surface area (TPSA) is 40.6 Å². The fraction of sp³-hybridized carbons (Fsp3) is 0.875. The molecule has 3 fully saturated rings. The van der Waals surface area contributed by atoms with Crippen LogP contribution in [0.1, 0.15) is 51.9 Å². The van der Waals surface area contributed by atoms with Gasteiger partial charge in [-0.2, -0.15) is 0 Å². The molecule has 0 aromatic carbocycles. The van der Waals surface area contributed by atoms with Crippen molar-refractivity contribution in [2.45, 2.75) is 57.9 Å². The average Bonchev–Trinajstić information content (AvgIpc) is 3.07. The van der Waals surface area contributed by atoms with E-state index < -0.39 is 0 Å². The Labute approximate surface area is 121 Å². The second-order valence-electron chi connectivity index (χ2n) is 6.89. The van der Waals surface area contributed by atoms with Crippen LogP contribution in [0.5, 0.6) is 0 Å². The molecule has 2 heterocycles. The predicted molar refractivity (Wildman–Crippen MR) is 77.1 cm³/mol. The summed E-state index contributed by atoms with van der Waals surface area (Å²) in [5, 5.41) is 0. The van der Waals surface area contributed by atoms with Gasteiger partial charge in [-0.15, -0.1) is 0 Å². The normalized spacial score (nSPS) is 29.4. The Morgan fingerprint density at radius 1 is 1.10 bits per heavy atom. The zero-order chi connectivity index (χ0) is 14.1. The van der Waals surface area contributed by atoms with E-state index in [1.165, 1.54) is 12.8 Å². The first kappa shape index (κ1) is 13.9. The quantitative estimate of drug-likeness (QED) is 0.775. The first-order valence-corrected chi connectivity index (χ1v) is 8.23. The van der Waals surface area contributed by atoms with E-state index in [4.69, 9.17) is 0 Å². The van der Waals surface area contributed by atoms with E-state index in [1.807, 2.05) is 9.80 Å². The highest BCUT2D eigenvalue weighted by molar-refractivity contribution is 5.89. The van der Waals surface area contributed by atoms with Crippen LogP contribution in [0.25, 0.3) is 0 Å². The van der Waals surface area contributed by atoms with Gasteiger partial charge in [0, 0.05) is 32.1 Å². The number of hydrogen-bond donors (Lipinski definition) is 0. The summed E-state index contributed by atoms with van der Waals surface area (Å²) in [5.74, 6) is 1.10. The van der Waals surface area contributed by atoms with Crippen molar-refractivity contribution in [2.75, 3.05) is 19.6 Å². The van der Waals surface area contributed by atoms with Gasteiger partial charge >= 0.3 is 0 Å². The Bertz CT molecular complexity index is 382. The van der Waals surface area contributed by atoms with E-state index in [-0.39, 0.29) is 17.7 Å². The maximum atomic E-state index is 12.6. The van der Waals surface area contributed by atoms with Crippen LogP contribution in [0.2, 0.25) is 0 Å². The zero-order valence-corrected chi connectivity index (χ0v) is 12.5. The van der Waals surface area contributed by atoms with Gasteiger partial charge in [-0.25, -0.2) is 0 Å². The average molecular weight is 278 g/mol. The molecular weight excluding hydrogens is 252 g/mol. The lowest BCUT2D eigenvalue weighted by Crippen LogP contribution is -2.42. The number of nitrogens with zero attached hydrogens (tertiary/aromatic N) is 2. The predicted octanol–water partition coefficient (Wildman–Crippen LogP) is 2.04. The lowest BCUT2D eigenvalue weighted by atomic mass is 9.97. The molecule has 4 nitrogen and oxygen atoms in total. The summed E-state index contributed by atoms with van der Waals surface area (Å²) in [5.41, 5.74) is 0.